The van der Waals surface area contributed by atoms with Crippen LogP contribution in [-0.4, -0.2) is 20.3 Å². The molecule has 0 fully saturated rings. The summed E-state index contributed by atoms with van der Waals surface area (Å²) >= 11 is 0. The van der Waals surface area contributed by atoms with E-state index in [9.17, 15) is 0 Å². The third kappa shape index (κ3) is 1.28. The average Bonchev–Trinajstić information content (AvgIpc) is 2.84. The van der Waals surface area contributed by atoms with Crippen LogP contribution in [0.1, 0.15) is 5.82 Å². The van der Waals surface area contributed by atoms with Crippen molar-refractivity contribution in [2.75, 3.05) is 0 Å². The Morgan fingerprint density at radius 2 is 2.27 bits per heavy atom. The van der Waals surface area contributed by atoms with E-state index in [0.717, 1.165) is 16.5 Å². The van der Waals surface area contributed by atoms with Gasteiger partial charge in [-0.05, 0) is 19.1 Å². The molecule has 1 aromatic carbocycles. The second-order valence-corrected chi connectivity index (χ2v) is 3.32. The van der Waals surface area contributed by atoms with Gasteiger partial charge >= 0.3 is 0 Å². The van der Waals surface area contributed by atoms with E-state index < -0.39 is 0 Å². The largest absolute Gasteiger partial charge is 0.334 e. The van der Waals surface area contributed by atoms with E-state index in [0.29, 0.717) is 11.7 Å². The molecule has 0 spiro atoms. The summed E-state index contributed by atoms with van der Waals surface area (Å²) in [5, 5.41) is 11.7. The summed E-state index contributed by atoms with van der Waals surface area (Å²) in [6, 6.07) is 5.84. The van der Waals surface area contributed by atoms with Gasteiger partial charge in [0, 0.05) is 10.9 Å². The Labute approximate surface area is 85.1 Å². The van der Waals surface area contributed by atoms with E-state index in [1.54, 1.807) is 13.1 Å². The Hall–Kier alpha value is -2.17. The third-order valence-corrected chi connectivity index (χ3v) is 2.22. The highest BCUT2D eigenvalue weighted by Gasteiger charge is 2.07. The molecule has 3 aromatic rings. The summed E-state index contributed by atoms with van der Waals surface area (Å²) in [6.07, 6.45) is 1.78. The summed E-state index contributed by atoms with van der Waals surface area (Å²) < 4.78 is 5.08. The molecule has 3 rings (SSSR count). The van der Waals surface area contributed by atoms with E-state index in [-0.39, 0.29) is 0 Å². The first-order chi connectivity index (χ1) is 7.33. The Morgan fingerprint density at radius 3 is 3.07 bits per heavy atom. The van der Waals surface area contributed by atoms with E-state index in [1.165, 1.54) is 0 Å². The zero-order chi connectivity index (χ0) is 10.3. The number of hydrogen-bond donors (Lipinski definition) is 1. The van der Waals surface area contributed by atoms with Gasteiger partial charge in [0.1, 0.15) is 0 Å². The van der Waals surface area contributed by atoms with Gasteiger partial charge in [-0.25, -0.2) is 0 Å². The predicted octanol–water partition coefficient (Wildman–Crippen LogP) is 1.92. The fourth-order valence-corrected chi connectivity index (χ4v) is 1.48. The van der Waals surface area contributed by atoms with E-state index in [2.05, 4.69) is 20.3 Å². The quantitative estimate of drug-likeness (QED) is 0.651. The normalized spacial score (nSPS) is 11.0. The van der Waals surface area contributed by atoms with Crippen molar-refractivity contribution in [1.82, 2.24) is 20.3 Å². The van der Waals surface area contributed by atoms with Crippen molar-refractivity contribution in [2.24, 2.45) is 0 Å². The zero-order valence-electron chi connectivity index (χ0n) is 8.06. The van der Waals surface area contributed by atoms with Crippen molar-refractivity contribution in [2.45, 2.75) is 6.92 Å². The van der Waals surface area contributed by atoms with Gasteiger partial charge in [-0.1, -0.05) is 11.2 Å². The summed E-state index contributed by atoms with van der Waals surface area (Å²) in [4.78, 5) is 4.16. The molecule has 2 aromatic heterocycles. The molecule has 0 aliphatic rings. The number of fused-ring (bicyclic) bond motifs is 1. The maximum absolute atomic E-state index is 5.08. The van der Waals surface area contributed by atoms with Gasteiger partial charge in [0.15, 0.2) is 5.82 Å². The van der Waals surface area contributed by atoms with Crippen LogP contribution in [0.2, 0.25) is 0 Å². The number of rotatable bonds is 1. The number of aromatic nitrogens is 4. The van der Waals surface area contributed by atoms with Crippen LogP contribution in [0.3, 0.4) is 0 Å². The second-order valence-electron chi connectivity index (χ2n) is 3.32. The lowest BCUT2D eigenvalue weighted by atomic mass is 10.2. The van der Waals surface area contributed by atoms with Crippen LogP contribution < -0.4 is 0 Å². The second kappa shape index (κ2) is 2.91. The van der Waals surface area contributed by atoms with Crippen LogP contribution in [0.5, 0.6) is 0 Å². The van der Waals surface area contributed by atoms with Crippen LogP contribution >= 0.6 is 0 Å². The summed E-state index contributed by atoms with van der Waals surface area (Å²) in [7, 11) is 0. The van der Waals surface area contributed by atoms with Crippen LogP contribution in [0, 0.1) is 6.92 Å². The fraction of sp³-hybridized carbons (Fsp3) is 0.100. The Bertz CT molecular complexity index is 610. The fourth-order valence-electron chi connectivity index (χ4n) is 1.48. The minimum absolute atomic E-state index is 0.531. The maximum atomic E-state index is 5.08. The molecule has 74 valence electrons. The molecule has 0 radical (unpaired) electrons. The molecule has 1 N–H and O–H groups in total. The monoisotopic (exact) mass is 200 g/mol. The molecule has 5 nitrogen and oxygen atoms in total. The molecule has 0 saturated heterocycles. The van der Waals surface area contributed by atoms with Crippen molar-refractivity contribution in [3.8, 4) is 11.5 Å². The average molecular weight is 200 g/mol. The van der Waals surface area contributed by atoms with Crippen LogP contribution in [0.4, 0.5) is 0 Å². The summed E-state index contributed by atoms with van der Waals surface area (Å²) in [6.45, 7) is 1.79. The number of hydrogen-bond acceptors (Lipinski definition) is 4. The van der Waals surface area contributed by atoms with E-state index in [4.69, 9.17) is 4.52 Å². The van der Waals surface area contributed by atoms with Gasteiger partial charge in [0.2, 0.25) is 0 Å². The lowest BCUT2D eigenvalue weighted by Crippen LogP contribution is -1.78. The SMILES string of the molecule is Cc1noc(-c2ccc3cn[nH]c3c2)n1. The number of nitrogens with zero attached hydrogens (tertiary/aromatic N) is 3. The molecular formula is C10H8N4O. The minimum Gasteiger partial charge on any atom is -0.334 e. The van der Waals surface area contributed by atoms with Gasteiger partial charge < -0.3 is 4.52 Å². The highest BCUT2D eigenvalue weighted by Crippen LogP contribution is 2.21. The summed E-state index contributed by atoms with van der Waals surface area (Å²) in [5.74, 6) is 1.17. The molecule has 0 saturated carbocycles. The van der Waals surface area contributed by atoms with E-state index >= 15 is 0 Å². The topological polar surface area (TPSA) is 67.6 Å². The Balaban J connectivity index is 2.18. The molecule has 0 amide bonds. The van der Waals surface area contributed by atoms with Crippen molar-refractivity contribution >= 4 is 10.9 Å². The van der Waals surface area contributed by atoms with Crippen LogP contribution in [0.25, 0.3) is 22.4 Å². The van der Waals surface area contributed by atoms with Gasteiger partial charge in [-0.2, -0.15) is 10.1 Å². The minimum atomic E-state index is 0.531. The van der Waals surface area contributed by atoms with Gasteiger partial charge in [0.25, 0.3) is 5.89 Å². The molecule has 15 heavy (non-hydrogen) atoms. The highest BCUT2D eigenvalue weighted by molar-refractivity contribution is 5.82. The molecule has 0 aliphatic carbocycles. The number of aryl methyl sites for hydroxylation is 1. The molecule has 0 bridgehead atoms. The molecule has 0 unspecified atom stereocenters. The van der Waals surface area contributed by atoms with Gasteiger partial charge in [-0.3, -0.25) is 5.10 Å². The first-order valence-corrected chi connectivity index (χ1v) is 4.57. The highest BCUT2D eigenvalue weighted by atomic mass is 16.5. The molecular weight excluding hydrogens is 192 g/mol. The lowest BCUT2D eigenvalue weighted by molar-refractivity contribution is 0.425. The number of nitrogens with one attached hydrogen (secondary N) is 1. The molecule has 5 heteroatoms. The van der Waals surface area contributed by atoms with Gasteiger partial charge in [0.05, 0.1) is 11.7 Å². The van der Waals surface area contributed by atoms with Crippen LogP contribution in [-0.2, 0) is 0 Å². The summed E-state index contributed by atoms with van der Waals surface area (Å²) in [5.41, 5.74) is 1.86. The molecule has 0 atom stereocenters. The predicted molar refractivity (Wildman–Crippen MR) is 54.1 cm³/mol. The van der Waals surface area contributed by atoms with Gasteiger partial charge in [-0.15, -0.1) is 0 Å². The molecule has 0 aliphatic heterocycles. The van der Waals surface area contributed by atoms with Crippen molar-refractivity contribution in [3.63, 3.8) is 0 Å². The number of aromatic amines is 1. The van der Waals surface area contributed by atoms with Crippen LogP contribution in [0.15, 0.2) is 28.9 Å². The number of H-pyrrole nitrogens is 1. The first-order valence-electron chi connectivity index (χ1n) is 4.57. The lowest BCUT2D eigenvalue weighted by Gasteiger charge is -1.93. The first kappa shape index (κ1) is 8.16. The maximum Gasteiger partial charge on any atom is 0.257 e. The molecule has 2 heterocycles. The Kier molecular flexibility index (Phi) is 1.58. The van der Waals surface area contributed by atoms with E-state index in [1.807, 2.05) is 18.2 Å². The smallest absolute Gasteiger partial charge is 0.257 e. The zero-order valence-corrected chi connectivity index (χ0v) is 8.06. The third-order valence-electron chi connectivity index (χ3n) is 2.22. The van der Waals surface area contributed by atoms with Crippen molar-refractivity contribution in [1.29, 1.82) is 0 Å². The van der Waals surface area contributed by atoms with Crippen molar-refractivity contribution in [3.05, 3.63) is 30.2 Å². The Morgan fingerprint density at radius 1 is 1.33 bits per heavy atom. The van der Waals surface area contributed by atoms with Crippen molar-refractivity contribution < 1.29 is 4.52 Å². The standard InChI is InChI=1S/C10H8N4O/c1-6-12-10(15-14-6)7-2-3-8-5-11-13-9(8)4-7/h2-5H,1H3,(H,11,13). The number of benzene rings is 1.